The van der Waals surface area contributed by atoms with Crippen molar-refractivity contribution < 1.29 is 0 Å². The van der Waals surface area contributed by atoms with Crippen LogP contribution in [-0.2, 0) is 6.42 Å². The van der Waals surface area contributed by atoms with Crippen molar-refractivity contribution in [2.24, 2.45) is 0 Å². The molecule has 1 aromatic carbocycles. The van der Waals surface area contributed by atoms with Crippen LogP contribution in [0.2, 0.25) is 0 Å². The Hall–Kier alpha value is -1.72. The highest BCUT2D eigenvalue weighted by atomic mass is 14.7. The summed E-state index contributed by atoms with van der Waals surface area (Å²) in [6.45, 7) is 5.71. The fraction of sp³-hybridized carbons (Fsp3) is 0.154. The Morgan fingerprint density at radius 3 is 2.93 bits per heavy atom. The number of aromatic nitrogens is 1. The molecule has 0 unspecified atom stereocenters. The van der Waals surface area contributed by atoms with Crippen molar-refractivity contribution in [3.05, 3.63) is 53.9 Å². The number of H-pyrrole nitrogens is 1. The number of allylic oxidation sites excluding steroid dienone is 1. The number of hydrogen-bond donors (Lipinski definition) is 1. The maximum absolute atomic E-state index is 3.56. The maximum atomic E-state index is 3.56. The highest BCUT2D eigenvalue weighted by Crippen LogP contribution is 2.21. The summed E-state index contributed by atoms with van der Waals surface area (Å²) < 4.78 is 0. The van der Waals surface area contributed by atoms with Crippen LogP contribution in [0.25, 0.3) is 10.9 Å². The van der Waals surface area contributed by atoms with Crippen molar-refractivity contribution in [2.45, 2.75) is 13.3 Å². The molecule has 0 saturated heterocycles. The minimum atomic E-state index is 0.879. The van der Waals surface area contributed by atoms with Crippen LogP contribution in [0.4, 0.5) is 0 Å². The molecule has 0 saturated carbocycles. The number of hydrogen-bond acceptors (Lipinski definition) is 0. The second kappa shape index (κ2) is 3.57. The molecule has 0 aliphatic heterocycles. The third kappa shape index (κ3) is 1.39. The van der Waals surface area contributed by atoms with E-state index in [2.05, 4.69) is 42.4 Å². The summed E-state index contributed by atoms with van der Waals surface area (Å²) in [5.74, 6) is 0. The first kappa shape index (κ1) is 8.86. The van der Waals surface area contributed by atoms with Crippen molar-refractivity contribution in [1.82, 2.24) is 4.98 Å². The quantitative estimate of drug-likeness (QED) is 0.687. The highest BCUT2D eigenvalue weighted by Gasteiger charge is 2.04. The maximum Gasteiger partial charge on any atom is 0.0458 e. The third-order valence-electron chi connectivity index (χ3n) is 2.52. The van der Waals surface area contributed by atoms with Gasteiger partial charge in [-0.1, -0.05) is 24.8 Å². The Balaban J connectivity index is 2.56. The zero-order valence-corrected chi connectivity index (χ0v) is 8.30. The van der Waals surface area contributed by atoms with Gasteiger partial charge in [-0.25, -0.2) is 0 Å². The van der Waals surface area contributed by atoms with E-state index in [1.165, 1.54) is 22.2 Å². The predicted octanol–water partition coefficient (Wildman–Crippen LogP) is 3.36. The van der Waals surface area contributed by atoms with Gasteiger partial charge in [0.2, 0.25) is 0 Å². The van der Waals surface area contributed by atoms with Crippen LogP contribution >= 0.6 is 0 Å². The van der Waals surface area contributed by atoms with Gasteiger partial charge in [0.25, 0.3) is 0 Å². The second-order valence-corrected chi connectivity index (χ2v) is 3.39. The number of aryl methyl sites for hydroxylation is 1. The summed E-state index contributed by atoms with van der Waals surface area (Å²) >= 11 is 0. The largest absolute Gasteiger partial charge is 0.358 e. The molecule has 14 heavy (non-hydrogen) atoms. The molecule has 1 aromatic heterocycles. The lowest BCUT2D eigenvalue weighted by Crippen LogP contribution is -1.82. The molecule has 0 spiro atoms. The summed E-state index contributed by atoms with van der Waals surface area (Å²) in [5.41, 5.74) is 6.58. The molecule has 0 atom stereocenters. The minimum absolute atomic E-state index is 0.879. The van der Waals surface area contributed by atoms with E-state index in [-0.39, 0.29) is 0 Å². The van der Waals surface area contributed by atoms with Crippen molar-refractivity contribution in [2.75, 3.05) is 0 Å². The highest BCUT2D eigenvalue weighted by molar-refractivity contribution is 5.84. The van der Waals surface area contributed by atoms with Gasteiger partial charge in [0.05, 0.1) is 0 Å². The van der Waals surface area contributed by atoms with Crippen LogP contribution in [0.1, 0.15) is 11.3 Å². The van der Waals surface area contributed by atoms with E-state index in [1.807, 2.05) is 12.1 Å². The van der Waals surface area contributed by atoms with Gasteiger partial charge in [-0.3, -0.25) is 0 Å². The summed E-state index contributed by atoms with van der Waals surface area (Å²) in [6, 6.07) is 8.35. The fourth-order valence-electron chi connectivity index (χ4n) is 1.72. The molecule has 0 fully saturated rings. The zero-order valence-electron chi connectivity index (χ0n) is 8.30. The number of para-hydroxylation sites is 1. The average Bonchev–Trinajstić information content (AvgIpc) is 2.54. The van der Waals surface area contributed by atoms with Gasteiger partial charge in [0.15, 0.2) is 0 Å². The van der Waals surface area contributed by atoms with E-state index < -0.39 is 0 Å². The van der Waals surface area contributed by atoms with Crippen molar-refractivity contribution in [1.29, 1.82) is 0 Å². The number of aromatic amines is 1. The number of nitrogens with one attached hydrogen (secondary N) is 1. The van der Waals surface area contributed by atoms with Crippen LogP contribution in [0.15, 0.2) is 42.7 Å². The fourth-order valence-corrected chi connectivity index (χ4v) is 1.72. The Morgan fingerprint density at radius 2 is 2.21 bits per heavy atom. The molecule has 0 bridgehead atoms. The smallest absolute Gasteiger partial charge is 0.0458 e. The molecule has 2 aromatic rings. The Kier molecular flexibility index (Phi) is 2.26. The van der Waals surface area contributed by atoms with Gasteiger partial charge < -0.3 is 4.98 Å². The van der Waals surface area contributed by atoms with Crippen LogP contribution in [-0.4, -0.2) is 4.98 Å². The van der Waals surface area contributed by atoms with Crippen molar-refractivity contribution >= 4 is 10.9 Å². The lowest BCUT2D eigenvalue weighted by Gasteiger charge is -1.92. The second-order valence-electron chi connectivity index (χ2n) is 3.39. The first-order valence-electron chi connectivity index (χ1n) is 4.73. The predicted molar refractivity (Wildman–Crippen MR) is 60.4 cm³/mol. The van der Waals surface area contributed by atoms with E-state index in [0.29, 0.717) is 0 Å². The van der Waals surface area contributed by atoms with E-state index in [0.717, 1.165) is 6.42 Å². The number of benzene rings is 1. The first-order valence-corrected chi connectivity index (χ1v) is 4.73. The lowest BCUT2D eigenvalue weighted by molar-refractivity contribution is 1.14. The number of fused-ring (bicyclic) bond motifs is 1. The monoisotopic (exact) mass is 183 g/mol. The molecule has 0 radical (unpaired) electrons. The van der Waals surface area contributed by atoms with E-state index in [9.17, 15) is 0 Å². The van der Waals surface area contributed by atoms with Gasteiger partial charge in [-0.2, -0.15) is 0 Å². The van der Waals surface area contributed by atoms with E-state index >= 15 is 0 Å². The summed E-state index contributed by atoms with van der Waals surface area (Å²) in [5, 5.41) is 1.31. The van der Waals surface area contributed by atoms with Crippen LogP contribution < -0.4 is 0 Å². The average molecular weight is 183 g/mol. The molecule has 70 valence electrons. The molecule has 1 nitrogen and oxygen atoms in total. The van der Waals surface area contributed by atoms with Gasteiger partial charge in [0.1, 0.15) is 0 Å². The molecule has 0 aliphatic carbocycles. The van der Waals surface area contributed by atoms with Gasteiger partial charge in [-0.05, 0) is 24.6 Å². The topological polar surface area (TPSA) is 15.8 Å². The van der Waals surface area contributed by atoms with Gasteiger partial charge >= 0.3 is 0 Å². The van der Waals surface area contributed by atoms with Crippen molar-refractivity contribution in [3.63, 3.8) is 0 Å². The first-order chi connectivity index (χ1) is 6.83. The molecule has 1 heteroatoms. The molecule has 1 N–H and O–H groups in total. The standard InChI is InChI=1S/C13H13N/c1-3-4-8-12-10(2)11-7-5-6-9-13(11)14-12/h4-7,9,14H,1,8H2,2H3. The zero-order chi connectivity index (χ0) is 9.97. The van der Waals surface area contributed by atoms with Gasteiger partial charge in [-0.15, -0.1) is 5.73 Å². The number of rotatable bonds is 2. The van der Waals surface area contributed by atoms with Gasteiger partial charge in [0, 0.05) is 23.0 Å². The Labute approximate surface area is 83.8 Å². The molecule has 1 heterocycles. The normalized spacial score (nSPS) is 10.1. The van der Waals surface area contributed by atoms with Crippen LogP contribution in [0, 0.1) is 6.92 Å². The van der Waals surface area contributed by atoms with Crippen LogP contribution in [0.3, 0.4) is 0 Å². The summed E-state index contributed by atoms with van der Waals surface area (Å²) in [7, 11) is 0. The van der Waals surface area contributed by atoms with Crippen LogP contribution in [0.5, 0.6) is 0 Å². The Morgan fingerprint density at radius 1 is 1.43 bits per heavy atom. The van der Waals surface area contributed by atoms with E-state index in [1.54, 1.807) is 0 Å². The SMILES string of the molecule is C=C=CCc1[nH]c2ccccc2c1C. The summed E-state index contributed by atoms with van der Waals surface area (Å²) in [4.78, 5) is 3.40. The molecule has 0 aliphatic rings. The molecule has 0 amide bonds. The third-order valence-corrected chi connectivity index (χ3v) is 2.52. The van der Waals surface area contributed by atoms with E-state index in [4.69, 9.17) is 0 Å². The Bertz CT molecular complexity index is 499. The lowest BCUT2D eigenvalue weighted by atomic mass is 10.1. The molecule has 2 rings (SSSR count). The molecular weight excluding hydrogens is 170 g/mol. The molecular formula is C13H13N. The minimum Gasteiger partial charge on any atom is -0.358 e. The van der Waals surface area contributed by atoms with Crippen molar-refractivity contribution in [3.8, 4) is 0 Å². The summed E-state index contributed by atoms with van der Waals surface area (Å²) in [6.07, 6.45) is 2.82.